The van der Waals surface area contributed by atoms with Gasteiger partial charge in [-0.2, -0.15) is 0 Å². The summed E-state index contributed by atoms with van der Waals surface area (Å²) in [4.78, 5) is 12.9. The van der Waals surface area contributed by atoms with Crippen LogP contribution in [0.25, 0.3) is 6.08 Å². The highest BCUT2D eigenvalue weighted by Crippen LogP contribution is 2.25. The van der Waals surface area contributed by atoms with E-state index in [1.807, 2.05) is 36.4 Å². The maximum Gasteiger partial charge on any atom is 0.185 e. The van der Waals surface area contributed by atoms with Gasteiger partial charge in [-0.05, 0) is 75.1 Å². The van der Waals surface area contributed by atoms with E-state index in [0.717, 1.165) is 62.0 Å². The quantitative estimate of drug-likeness (QED) is 0.222. The van der Waals surface area contributed by atoms with Gasteiger partial charge in [0.25, 0.3) is 0 Å². The molecule has 0 heterocycles. The van der Waals surface area contributed by atoms with Crippen LogP contribution in [0.4, 0.5) is 0 Å². The third-order valence-corrected chi connectivity index (χ3v) is 5.61. The Balaban J connectivity index is 2.14. The van der Waals surface area contributed by atoms with Gasteiger partial charge in [0.2, 0.25) is 0 Å². The van der Waals surface area contributed by atoms with Crippen LogP contribution in [0, 0.1) is 0 Å². The predicted molar refractivity (Wildman–Crippen MR) is 135 cm³/mol. The van der Waals surface area contributed by atoms with E-state index in [1.54, 1.807) is 6.08 Å². The molecule has 3 heteroatoms. The van der Waals surface area contributed by atoms with Crippen LogP contribution < -0.4 is 9.47 Å². The Hall–Kier alpha value is -2.55. The van der Waals surface area contributed by atoms with Gasteiger partial charge in [0.05, 0.1) is 12.2 Å². The molecule has 0 bridgehead atoms. The fraction of sp³-hybridized carbons (Fsp3) is 0.483. The zero-order valence-corrected chi connectivity index (χ0v) is 20.5. The van der Waals surface area contributed by atoms with Crippen LogP contribution >= 0.6 is 0 Å². The predicted octanol–water partition coefficient (Wildman–Crippen LogP) is 8.06. The number of ketones is 1. The summed E-state index contributed by atoms with van der Waals surface area (Å²) in [6.07, 6.45) is 11.4. The first-order valence-electron chi connectivity index (χ1n) is 12.2. The van der Waals surface area contributed by atoms with Crippen molar-refractivity contribution in [3.8, 4) is 11.5 Å². The van der Waals surface area contributed by atoms with Gasteiger partial charge in [0.15, 0.2) is 5.78 Å². The molecule has 2 rings (SSSR count). The van der Waals surface area contributed by atoms with Gasteiger partial charge in [0, 0.05) is 11.1 Å². The molecule has 0 fully saturated rings. The summed E-state index contributed by atoms with van der Waals surface area (Å²) in [6, 6.07) is 13.7. The molecule has 3 nitrogen and oxygen atoms in total. The number of ether oxygens (including phenoxy) is 2. The summed E-state index contributed by atoms with van der Waals surface area (Å²) < 4.78 is 12.2. The monoisotopic (exact) mass is 436 g/mol. The summed E-state index contributed by atoms with van der Waals surface area (Å²) in [5.41, 5.74) is 2.80. The standard InChI is InChI=1S/C29H40O3/c1-6-9-12-22(4)31-27-15-11-14-25(21-27)28(30)18-17-26-20-24(8-3)16-19-29(26)32-23(5)13-10-7-2/h11,14-23H,6-10,12-13H2,1-5H3. The number of hydrogen-bond donors (Lipinski definition) is 0. The van der Waals surface area contributed by atoms with Crippen molar-refractivity contribution in [3.63, 3.8) is 0 Å². The van der Waals surface area contributed by atoms with Crippen molar-refractivity contribution in [2.75, 3.05) is 0 Å². The summed E-state index contributed by atoms with van der Waals surface area (Å²) in [5.74, 6) is 1.54. The number of carbonyl (C=O) groups excluding carboxylic acids is 1. The minimum absolute atomic E-state index is 0.0384. The lowest BCUT2D eigenvalue weighted by molar-refractivity contribution is 0.104. The molecule has 0 saturated heterocycles. The number of hydrogen-bond acceptors (Lipinski definition) is 3. The third kappa shape index (κ3) is 8.53. The number of rotatable bonds is 14. The van der Waals surface area contributed by atoms with Crippen molar-refractivity contribution in [2.24, 2.45) is 0 Å². The Bertz CT molecular complexity index is 868. The highest BCUT2D eigenvalue weighted by atomic mass is 16.5. The molecule has 0 amide bonds. The molecular weight excluding hydrogens is 396 g/mol. The molecule has 0 radical (unpaired) electrons. The molecule has 0 aromatic heterocycles. The second-order valence-corrected chi connectivity index (χ2v) is 8.59. The summed E-state index contributed by atoms with van der Waals surface area (Å²) in [7, 11) is 0. The maximum absolute atomic E-state index is 12.9. The number of unbranched alkanes of at least 4 members (excludes halogenated alkanes) is 2. The first-order valence-corrected chi connectivity index (χ1v) is 12.2. The van der Waals surface area contributed by atoms with Crippen molar-refractivity contribution in [2.45, 2.75) is 91.8 Å². The van der Waals surface area contributed by atoms with E-state index in [9.17, 15) is 4.79 Å². The minimum atomic E-state index is -0.0384. The van der Waals surface area contributed by atoms with Crippen molar-refractivity contribution >= 4 is 11.9 Å². The van der Waals surface area contributed by atoms with Crippen molar-refractivity contribution in [1.29, 1.82) is 0 Å². The van der Waals surface area contributed by atoms with Crippen LogP contribution in [0.2, 0.25) is 0 Å². The molecule has 2 atom stereocenters. The molecule has 0 saturated carbocycles. The van der Waals surface area contributed by atoms with Crippen LogP contribution in [0.5, 0.6) is 11.5 Å². The molecule has 2 aromatic carbocycles. The molecule has 32 heavy (non-hydrogen) atoms. The van der Waals surface area contributed by atoms with Crippen LogP contribution in [-0.2, 0) is 6.42 Å². The molecule has 0 aliphatic rings. The molecule has 0 aliphatic heterocycles. The molecule has 174 valence electrons. The van der Waals surface area contributed by atoms with Gasteiger partial charge in [0.1, 0.15) is 11.5 Å². The average molecular weight is 437 g/mol. The third-order valence-electron chi connectivity index (χ3n) is 5.61. The van der Waals surface area contributed by atoms with Gasteiger partial charge in [-0.1, -0.05) is 64.7 Å². The fourth-order valence-corrected chi connectivity index (χ4v) is 3.59. The number of aryl methyl sites for hydroxylation is 1. The van der Waals surface area contributed by atoms with E-state index >= 15 is 0 Å². The minimum Gasteiger partial charge on any atom is -0.491 e. The zero-order chi connectivity index (χ0) is 23.3. The van der Waals surface area contributed by atoms with Crippen LogP contribution in [0.3, 0.4) is 0 Å². The lowest BCUT2D eigenvalue weighted by atomic mass is 10.0. The lowest BCUT2D eigenvalue weighted by Crippen LogP contribution is -2.12. The van der Waals surface area contributed by atoms with Crippen molar-refractivity contribution in [1.82, 2.24) is 0 Å². The molecule has 0 aliphatic carbocycles. The van der Waals surface area contributed by atoms with Crippen molar-refractivity contribution in [3.05, 3.63) is 65.2 Å². The SMILES string of the molecule is CCCCC(C)Oc1cccc(C(=O)C=Cc2cc(CC)ccc2OC(C)CCCC)c1. The van der Waals surface area contributed by atoms with Gasteiger partial charge in [-0.15, -0.1) is 0 Å². The Morgan fingerprint density at radius 1 is 0.906 bits per heavy atom. The highest BCUT2D eigenvalue weighted by molar-refractivity contribution is 6.07. The largest absolute Gasteiger partial charge is 0.491 e. The van der Waals surface area contributed by atoms with E-state index in [-0.39, 0.29) is 18.0 Å². The van der Waals surface area contributed by atoms with Gasteiger partial charge < -0.3 is 9.47 Å². The van der Waals surface area contributed by atoms with E-state index in [4.69, 9.17) is 9.47 Å². The van der Waals surface area contributed by atoms with E-state index in [0.29, 0.717) is 5.56 Å². The van der Waals surface area contributed by atoms with E-state index in [1.165, 1.54) is 5.56 Å². The second kappa shape index (κ2) is 13.8. The van der Waals surface area contributed by atoms with Crippen LogP contribution in [-0.4, -0.2) is 18.0 Å². The second-order valence-electron chi connectivity index (χ2n) is 8.59. The number of allylic oxidation sites excluding steroid dienone is 1. The Labute approximate surface area is 194 Å². The van der Waals surface area contributed by atoms with Gasteiger partial charge in [-0.25, -0.2) is 0 Å². The Kier molecular flexibility index (Phi) is 11.1. The van der Waals surface area contributed by atoms with Gasteiger partial charge in [-0.3, -0.25) is 4.79 Å². The fourth-order valence-electron chi connectivity index (χ4n) is 3.59. The molecular formula is C29H40O3. The average Bonchev–Trinajstić information content (AvgIpc) is 2.80. The van der Waals surface area contributed by atoms with Crippen LogP contribution in [0.15, 0.2) is 48.5 Å². The molecule has 2 aromatic rings. The molecule has 0 spiro atoms. The summed E-state index contributed by atoms with van der Waals surface area (Å²) in [5, 5.41) is 0. The highest BCUT2D eigenvalue weighted by Gasteiger charge is 2.10. The topological polar surface area (TPSA) is 35.5 Å². The number of carbonyl (C=O) groups is 1. The molecule has 0 N–H and O–H groups in total. The Morgan fingerprint density at radius 2 is 1.59 bits per heavy atom. The summed E-state index contributed by atoms with van der Waals surface area (Å²) >= 11 is 0. The zero-order valence-electron chi connectivity index (χ0n) is 20.5. The van der Waals surface area contributed by atoms with Crippen LogP contribution in [0.1, 0.15) is 94.6 Å². The Morgan fingerprint density at radius 3 is 2.25 bits per heavy atom. The first kappa shape index (κ1) is 25.7. The van der Waals surface area contributed by atoms with Gasteiger partial charge >= 0.3 is 0 Å². The van der Waals surface area contributed by atoms with E-state index < -0.39 is 0 Å². The van der Waals surface area contributed by atoms with Crippen molar-refractivity contribution < 1.29 is 14.3 Å². The maximum atomic E-state index is 12.9. The normalized spacial score (nSPS) is 13.2. The summed E-state index contributed by atoms with van der Waals surface area (Å²) in [6.45, 7) is 10.7. The molecule has 2 unspecified atom stereocenters. The smallest absolute Gasteiger partial charge is 0.185 e. The van der Waals surface area contributed by atoms with E-state index in [2.05, 4.69) is 46.8 Å². The number of benzene rings is 2. The first-order chi connectivity index (χ1) is 15.5. The lowest BCUT2D eigenvalue weighted by Gasteiger charge is -2.17.